The molecule has 0 N–H and O–H groups in total. The normalized spacial score (nSPS) is 12.5. The fourth-order valence-corrected chi connectivity index (χ4v) is 8.82. The number of ether oxygens (including phenoxy) is 3. The number of hydrogen-bond acceptors (Lipinski definition) is 6. The van der Waals surface area contributed by atoms with Gasteiger partial charge in [-0.25, -0.2) is 0 Å². The third kappa shape index (κ3) is 57.7. The monoisotopic (exact) mass is 1000 g/mol. The number of carbonyl (C=O) groups is 3. The van der Waals surface area contributed by atoms with Gasteiger partial charge in [-0.15, -0.1) is 0 Å². The van der Waals surface area contributed by atoms with Crippen molar-refractivity contribution in [3.63, 3.8) is 0 Å². The third-order valence-corrected chi connectivity index (χ3v) is 13.4. The molecule has 0 rings (SSSR count). The van der Waals surface area contributed by atoms with Crippen LogP contribution in [-0.2, 0) is 28.6 Å². The van der Waals surface area contributed by atoms with Gasteiger partial charge in [0.25, 0.3) is 0 Å². The van der Waals surface area contributed by atoms with E-state index in [1.807, 2.05) is 0 Å². The van der Waals surface area contributed by atoms with Crippen molar-refractivity contribution >= 4 is 17.9 Å². The van der Waals surface area contributed by atoms with E-state index in [2.05, 4.69) is 93.7 Å². The van der Waals surface area contributed by atoms with E-state index in [0.717, 1.165) is 96.3 Å². The lowest BCUT2D eigenvalue weighted by molar-refractivity contribution is -0.167. The zero-order valence-electron chi connectivity index (χ0n) is 47.7. The van der Waals surface area contributed by atoms with Crippen molar-refractivity contribution in [2.24, 2.45) is 0 Å². The lowest BCUT2D eigenvalue weighted by Crippen LogP contribution is -2.30. The molecule has 72 heavy (non-hydrogen) atoms. The van der Waals surface area contributed by atoms with E-state index in [-0.39, 0.29) is 31.1 Å². The summed E-state index contributed by atoms with van der Waals surface area (Å²) in [5.74, 6) is -0.884. The van der Waals surface area contributed by atoms with Crippen LogP contribution in [-0.4, -0.2) is 37.2 Å². The molecule has 0 aliphatic heterocycles. The summed E-state index contributed by atoms with van der Waals surface area (Å²) in [7, 11) is 0. The van der Waals surface area contributed by atoms with Crippen molar-refractivity contribution in [3.05, 3.63) is 72.9 Å². The molecule has 0 aromatic rings. The van der Waals surface area contributed by atoms with Gasteiger partial charge in [-0.05, 0) is 89.9 Å². The summed E-state index contributed by atoms with van der Waals surface area (Å²) < 4.78 is 16.8. The first-order chi connectivity index (χ1) is 35.5. The molecule has 0 aliphatic carbocycles. The number of rotatable bonds is 56. The quantitative estimate of drug-likeness (QED) is 0.0261. The highest BCUT2D eigenvalue weighted by atomic mass is 16.6. The SMILES string of the molecule is CC/C=C\C/C=C\C/C=C\C/C=C\CCCCCCCCCCC(=O)OC(COC(=O)CCCCCCCC)COC(=O)CCCCCCCCCCCCCCCCC/C=C\C/C=C\CCCCCCC. The van der Waals surface area contributed by atoms with Crippen molar-refractivity contribution < 1.29 is 28.6 Å². The highest BCUT2D eigenvalue weighted by Gasteiger charge is 2.19. The molecule has 0 amide bonds. The minimum absolute atomic E-state index is 0.0766. The molecule has 416 valence electrons. The Morgan fingerprint density at radius 1 is 0.292 bits per heavy atom. The standard InChI is InChI=1S/C66H116O6/c1-4-7-10-13-16-18-20-22-24-26-28-30-31-32-33-34-35-37-38-40-42-44-46-48-50-53-56-59-65(68)71-62-63(61-70-64(67)58-55-52-15-12-9-6-3)72-66(69)60-57-54-51-49-47-45-43-41-39-36-29-27-25-23-21-19-17-14-11-8-5-2/h8,11,17,19-20,22-23,25-26,28-29,36,63H,4-7,9-10,12-16,18,21,24,27,30-35,37-62H2,1-3H3/b11-8-,19-17-,22-20-,25-23-,28-26-,36-29-. The fourth-order valence-electron chi connectivity index (χ4n) is 8.82. The van der Waals surface area contributed by atoms with Gasteiger partial charge in [0.05, 0.1) is 0 Å². The summed E-state index contributed by atoms with van der Waals surface area (Å²) in [6.07, 6.45) is 78.0. The molecule has 0 saturated heterocycles. The maximum absolute atomic E-state index is 12.8. The minimum atomic E-state index is -0.776. The molecule has 0 fully saturated rings. The van der Waals surface area contributed by atoms with E-state index in [1.165, 1.54) is 173 Å². The summed E-state index contributed by atoms with van der Waals surface area (Å²) in [5, 5.41) is 0. The Labute approximate surface area is 446 Å². The molecule has 0 bridgehead atoms. The Hall–Kier alpha value is -3.15. The van der Waals surface area contributed by atoms with E-state index < -0.39 is 6.10 Å². The van der Waals surface area contributed by atoms with Crippen LogP contribution in [0.5, 0.6) is 0 Å². The summed E-state index contributed by atoms with van der Waals surface area (Å²) in [6.45, 7) is 6.48. The van der Waals surface area contributed by atoms with Crippen LogP contribution in [0.15, 0.2) is 72.9 Å². The van der Waals surface area contributed by atoms with Crippen LogP contribution in [0.1, 0.15) is 310 Å². The van der Waals surface area contributed by atoms with Gasteiger partial charge in [0.2, 0.25) is 0 Å². The van der Waals surface area contributed by atoms with Crippen LogP contribution < -0.4 is 0 Å². The van der Waals surface area contributed by atoms with Gasteiger partial charge in [0.15, 0.2) is 6.10 Å². The number of esters is 3. The van der Waals surface area contributed by atoms with Crippen LogP contribution in [0.3, 0.4) is 0 Å². The summed E-state index contributed by atoms with van der Waals surface area (Å²) in [6, 6.07) is 0. The molecule has 0 heterocycles. The van der Waals surface area contributed by atoms with E-state index >= 15 is 0 Å². The van der Waals surface area contributed by atoms with Gasteiger partial charge < -0.3 is 14.2 Å². The van der Waals surface area contributed by atoms with Crippen LogP contribution in [0.4, 0.5) is 0 Å². The summed E-state index contributed by atoms with van der Waals surface area (Å²) in [4.78, 5) is 38.0. The number of unbranched alkanes of at least 4 members (excludes halogenated alkanes) is 33. The second kappa shape index (κ2) is 60.4. The van der Waals surface area contributed by atoms with E-state index in [4.69, 9.17) is 14.2 Å². The van der Waals surface area contributed by atoms with Gasteiger partial charge >= 0.3 is 17.9 Å². The molecule has 1 atom stereocenters. The fraction of sp³-hybridized carbons (Fsp3) is 0.773. The van der Waals surface area contributed by atoms with E-state index in [1.54, 1.807) is 0 Å². The van der Waals surface area contributed by atoms with Gasteiger partial charge in [0.1, 0.15) is 13.2 Å². The lowest BCUT2D eigenvalue weighted by Gasteiger charge is -2.18. The van der Waals surface area contributed by atoms with Crippen molar-refractivity contribution in [1.29, 1.82) is 0 Å². The molecular formula is C66H116O6. The van der Waals surface area contributed by atoms with Gasteiger partial charge in [-0.3, -0.25) is 14.4 Å². The third-order valence-electron chi connectivity index (χ3n) is 13.4. The molecule has 0 saturated carbocycles. The average molecular weight is 1010 g/mol. The first-order valence-electron chi connectivity index (χ1n) is 30.9. The largest absolute Gasteiger partial charge is 0.462 e. The van der Waals surface area contributed by atoms with Crippen LogP contribution >= 0.6 is 0 Å². The van der Waals surface area contributed by atoms with Crippen molar-refractivity contribution in [2.45, 2.75) is 316 Å². The molecule has 0 radical (unpaired) electrons. The summed E-state index contributed by atoms with van der Waals surface area (Å²) >= 11 is 0. The number of carbonyl (C=O) groups excluding carboxylic acids is 3. The maximum atomic E-state index is 12.8. The number of hydrogen-bond donors (Lipinski definition) is 0. The highest BCUT2D eigenvalue weighted by molar-refractivity contribution is 5.71. The average Bonchev–Trinajstić information content (AvgIpc) is 3.38. The van der Waals surface area contributed by atoms with Gasteiger partial charge in [-0.2, -0.15) is 0 Å². The Bertz CT molecular complexity index is 1340. The maximum Gasteiger partial charge on any atom is 0.306 e. The minimum Gasteiger partial charge on any atom is -0.462 e. The molecule has 6 nitrogen and oxygen atoms in total. The van der Waals surface area contributed by atoms with Crippen molar-refractivity contribution in [3.8, 4) is 0 Å². The van der Waals surface area contributed by atoms with Crippen LogP contribution in [0.2, 0.25) is 0 Å². The van der Waals surface area contributed by atoms with Crippen LogP contribution in [0, 0.1) is 0 Å². The topological polar surface area (TPSA) is 78.9 Å². The molecular weight excluding hydrogens is 889 g/mol. The molecule has 6 heteroatoms. The first-order valence-corrected chi connectivity index (χ1v) is 30.9. The predicted molar refractivity (Wildman–Crippen MR) is 311 cm³/mol. The van der Waals surface area contributed by atoms with Crippen LogP contribution in [0.25, 0.3) is 0 Å². The van der Waals surface area contributed by atoms with Gasteiger partial charge in [-0.1, -0.05) is 273 Å². The molecule has 0 aliphatic rings. The zero-order chi connectivity index (χ0) is 52.2. The Morgan fingerprint density at radius 3 is 0.847 bits per heavy atom. The Balaban J connectivity index is 4.08. The zero-order valence-corrected chi connectivity index (χ0v) is 47.7. The smallest absolute Gasteiger partial charge is 0.306 e. The number of allylic oxidation sites excluding steroid dienone is 12. The molecule has 1 unspecified atom stereocenters. The van der Waals surface area contributed by atoms with Gasteiger partial charge in [0, 0.05) is 19.3 Å². The lowest BCUT2D eigenvalue weighted by atomic mass is 10.0. The predicted octanol–water partition coefficient (Wildman–Crippen LogP) is 20.9. The molecule has 0 spiro atoms. The Morgan fingerprint density at radius 2 is 0.542 bits per heavy atom. The summed E-state index contributed by atoms with van der Waals surface area (Å²) in [5.41, 5.74) is 0. The van der Waals surface area contributed by atoms with E-state index in [9.17, 15) is 14.4 Å². The van der Waals surface area contributed by atoms with Crippen molar-refractivity contribution in [2.75, 3.05) is 13.2 Å². The van der Waals surface area contributed by atoms with Crippen molar-refractivity contribution in [1.82, 2.24) is 0 Å². The Kier molecular flexibility index (Phi) is 57.8. The molecule has 0 aromatic carbocycles. The highest BCUT2D eigenvalue weighted by Crippen LogP contribution is 2.16. The second-order valence-electron chi connectivity index (χ2n) is 20.6. The molecule has 0 aromatic heterocycles. The van der Waals surface area contributed by atoms with E-state index in [0.29, 0.717) is 19.3 Å². The first kappa shape index (κ1) is 68.8. The second-order valence-corrected chi connectivity index (χ2v) is 20.6.